The Kier molecular flexibility index (Phi) is 4.29. The molecule has 106 valence electrons. The van der Waals surface area contributed by atoms with Gasteiger partial charge in [-0.1, -0.05) is 6.07 Å². The number of alkyl halides is 3. The molecular formula is C13H16F4N2. The SMILES string of the molecule is Fc1cccc(N2CCC(CNCC(F)(F)F)C2)c1. The van der Waals surface area contributed by atoms with Crippen LogP contribution in [0, 0.1) is 11.7 Å². The number of rotatable bonds is 4. The van der Waals surface area contributed by atoms with Crippen LogP contribution in [0.1, 0.15) is 6.42 Å². The third kappa shape index (κ3) is 4.38. The standard InChI is InChI=1S/C13H16F4N2/c14-11-2-1-3-12(6-11)19-5-4-10(8-19)7-18-9-13(15,16)17/h1-3,6,10,18H,4-5,7-9H2. The lowest BCUT2D eigenvalue weighted by Crippen LogP contribution is -2.33. The second kappa shape index (κ2) is 5.77. The van der Waals surface area contributed by atoms with E-state index in [9.17, 15) is 17.6 Å². The Morgan fingerprint density at radius 1 is 1.32 bits per heavy atom. The topological polar surface area (TPSA) is 15.3 Å². The van der Waals surface area contributed by atoms with Gasteiger partial charge in [0.15, 0.2) is 0 Å². The maximum Gasteiger partial charge on any atom is 0.401 e. The first-order chi connectivity index (χ1) is 8.94. The summed E-state index contributed by atoms with van der Waals surface area (Å²) in [5.74, 6) is -0.123. The highest BCUT2D eigenvalue weighted by Crippen LogP contribution is 2.24. The summed E-state index contributed by atoms with van der Waals surface area (Å²) in [6.45, 7) is 0.797. The van der Waals surface area contributed by atoms with Gasteiger partial charge >= 0.3 is 6.18 Å². The number of hydrogen-bond acceptors (Lipinski definition) is 2. The van der Waals surface area contributed by atoms with Gasteiger partial charge in [-0.05, 0) is 30.5 Å². The Balaban J connectivity index is 1.80. The maximum absolute atomic E-state index is 13.1. The quantitative estimate of drug-likeness (QED) is 0.851. The zero-order chi connectivity index (χ0) is 13.9. The Morgan fingerprint density at radius 3 is 2.79 bits per heavy atom. The van der Waals surface area contributed by atoms with Crippen LogP contribution in [0.2, 0.25) is 0 Å². The molecule has 0 aliphatic carbocycles. The van der Waals surface area contributed by atoms with Gasteiger partial charge in [0.05, 0.1) is 6.54 Å². The highest BCUT2D eigenvalue weighted by atomic mass is 19.4. The van der Waals surface area contributed by atoms with E-state index in [4.69, 9.17) is 0 Å². The molecule has 0 amide bonds. The highest BCUT2D eigenvalue weighted by Gasteiger charge is 2.28. The molecule has 0 radical (unpaired) electrons. The summed E-state index contributed by atoms with van der Waals surface area (Å²) in [4.78, 5) is 2.00. The molecule has 1 aromatic rings. The molecule has 1 aliphatic heterocycles. The molecule has 1 unspecified atom stereocenters. The average Bonchev–Trinajstić information content (AvgIpc) is 2.76. The number of anilines is 1. The molecule has 1 aromatic carbocycles. The van der Waals surface area contributed by atoms with Crippen molar-refractivity contribution in [2.75, 3.05) is 31.1 Å². The zero-order valence-corrected chi connectivity index (χ0v) is 10.4. The van der Waals surface area contributed by atoms with E-state index in [1.54, 1.807) is 6.07 Å². The van der Waals surface area contributed by atoms with E-state index in [2.05, 4.69) is 5.32 Å². The molecule has 1 saturated heterocycles. The van der Waals surface area contributed by atoms with Crippen LogP contribution in [0.15, 0.2) is 24.3 Å². The maximum atomic E-state index is 13.1. The van der Waals surface area contributed by atoms with Crippen LogP contribution in [-0.4, -0.2) is 32.4 Å². The summed E-state index contributed by atoms with van der Waals surface area (Å²) in [5.41, 5.74) is 0.790. The monoisotopic (exact) mass is 276 g/mol. The Morgan fingerprint density at radius 2 is 2.11 bits per heavy atom. The molecule has 1 fully saturated rings. The second-order valence-corrected chi connectivity index (χ2v) is 4.83. The van der Waals surface area contributed by atoms with E-state index in [0.29, 0.717) is 13.1 Å². The molecule has 0 bridgehead atoms. The number of nitrogens with zero attached hydrogens (tertiary/aromatic N) is 1. The summed E-state index contributed by atoms with van der Waals surface area (Å²) in [6.07, 6.45) is -3.35. The molecule has 1 aliphatic rings. The van der Waals surface area contributed by atoms with Crippen molar-refractivity contribution < 1.29 is 17.6 Å². The molecule has 2 nitrogen and oxygen atoms in total. The van der Waals surface area contributed by atoms with Gasteiger partial charge in [0.25, 0.3) is 0 Å². The number of benzene rings is 1. The van der Waals surface area contributed by atoms with E-state index in [-0.39, 0.29) is 11.7 Å². The molecule has 1 atom stereocenters. The van der Waals surface area contributed by atoms with Crippen molar-refractivity contribution in [1.82, 2.24) is 5.32 Å². The fourth-order valence-corrected chi connectivity index (χ4v) is 2.32. The third-order valence-electron chi connectivity index (χ3n) is 3.22. The summed E-state index contributed by atoms with van der Waals surface area (Å²) in [6, 6.07) is 6.28. The zero-order valence-electron chi connectivity index (χ0n) is 10.4. The van der Waals surface area contributed by atoms with Gasteiger partial charge in [-0.3, -0.25) is 0 Å². The highest BCUT2D eigenvalue weighted by molar-refractivity contribution is 5.47. The number of halogens is 4. The first-order valence-corrected chi connectivity index (χ1v) is 6.22. The summed E-state index contributed by atoms with van der Waals surface area (Å²) < 4.78 is 49.1. The van der Waals surface area contributed by atoms with Gasteiger partial charge in [-0.15, -0.1) is 0 Å². The molecular weight excluding hydrogens is 260 g/mol. The molecule has 6 heteroatoms. The molecule has 1 N–H and O–H groups in total. The van der Waals surface area contributed by atoms with Crippen LogP contribution in [-0.2, 0) is 0 Å². The number of hydrogen-bond donors (Lipinski definition) is 1. The lowest BCUT2D eigenvalue weighted by Gasteiger charge is -2.19. The van der Waals surface area contributed by atoms with Crippen molar-refractivity contribution in [3.8, 4) is 0 Å². The molecule has 1 heterocycles. The van der Waals surface area contributed by atoms with Gasteiger partial charge in [0.2, 0.25) is 0 Å². The normalized spacial score (nSPS) is 20.0. The van der Waals surface area contributed by atoms with E-state index < -0.39 is 12.7 Å². The van der Waals surface area contributed by atoms with Crippen LogP contribution in [0.25, 0.3) is 0 Å². The summed E-state index contributed by atoms with van der Waals surface area (Å²) >= 11 is 0. The molecule has 0 spiro atoms. The van der Waals surface area contributed by atoms with E-state index >= 15 is 0 Å². The minimum atomic E-state index is -4.17. The molecule has 2 rings (SSSR count). The summed E-state index contributed by atoms with van der Waals surface area (Å²) in [7, 11) is 0. The predicted molar refractivity (Wildman–Crippen MR) is 65.6 cm³/mol. The van der Waals surface area contributed by atoms with E-state index in [1.165, 1.54) is 12.1 Å². The van der Waals surface area contributed by atoms with Gasteiger partial charge in [-0.25, -0.2) is 4.39 Å². The lowest BCUT2D eigenvalue weighted by atomic mass is 10.1. The van der Waals surface area contributed by atoms with Gasteiger partial charge < -0.3 is 10.2 Å². The van der Waals surface area contributed by atoms with Crippen LogP contribution in [0.5, 0.6) is 0 Å². The van der Waals surface area contributed by atoms with E-state index in [1.807, 2.05) is 11.0 Å². The average molecular weight is 276 g/mol. The minimum Gasteiger partial charge on any atom is -0.371 e. The van der Waals surface area contributed by atoms with Gasteiger partial charge in [-0.2, -0.15) is 13.2 Å². The minimum absolute atomic E-state index is 0.172. The van der Waals surface area contributed by atoms with Crippen LogP contribution in [0.3, 0.4) is 0 Å². The van der Waals surface area contributed by atoms with Gasteiger partial charge in [0, 0.05) is 25.3 Å². The van der Waals surface area contributed by atoms with Crippen molar-refractivity contribution in [3.05, 3.63) is 30.1 Å². The molecule has 0 aromatic heterocycles. The molecule has 19 heavy (non-hydrogen) atoms. The van der Waals surface area contributed by atoms with Crippen molar-refractivity contribution >= 4 is 5.69 Å². The third-order valence-corrected chi connectivity index (χ3v) is 3.22. The fraction of sp³-hybridized carbons (Fsp3) is 0.538. The smallest absolute Gasteiger partial charge is 0.371 e. The molecule has 0 saturated carbocycles. The fourth-order valence-electron chi connectivity index (χ4n) is 2.32. The first-order valence-electron chi connectivity index (χ1n) is 6.22. The van der Waals surface area contributed by atoms with Crippen LogP contribution >= 0.6 is 0 Å². The van der Waals surface area contributed by atoms with Crippen molar-refractivity contribution in [2.24, 2.45) is 5.92 Å². The van der Waals surface area contributed by atoms with Crippen molar-refractivity contribution in [1.29, 1.82) is 0 Å². The van der Waals surface area contributed by atoms with Crippen molar-refractivity contribution in [2.45, 2.75) is 12.6 Å². The Hall–Kier alpha value is -1.30. The lowest BCUT2D eigenvalue weighted by molar-refractivity contribution is -0.125. The van der Waals surface area contributed by atoms with E-state index in [0.717, 1.165) is 18.7 Å². The Labute approximate surface area is 109 Å². The van der Waals surface area contributed by atoms with Gasteiger partial charge in [0.1, 0.15) is 5.82 Å². The van der Waals surface area contributed by atoms with Crippen molar-refractivity contribution in [3.63, 3.8) is 0 Å². The van der Waals surface area contributed by atoms with Crippen LogP contribution in [0.4, 0.5) is 23.2 Å². The Bertz CT molecular complexity index is 419. The first kappa shape index (κ1) is 14.1. The predicted octanol–water partition coefficient (Wildman–Crippen LogP) is 2.80. The van der Waals surface area contributed by atoms with Crippen LogP contribution < -0.4 is 10.2 Å². The largest absolute Gasteiger partial charge is 0.401 e. The second-order valence-electron chi connectivity index (χ2n) is 4.83. The summed E-state index contributed by atoms with van der Waals surface area (Å²) in [5, 5.41) is 2.42. The number of nitrogens with one attached hydrogen (secondary N) is 1.